The second-order valence-electron chi connectivity index (χ2n) is 4.74. The van der Waals surface area contributed by atoms with Crippen molar-refractivity contribution in [1.82, 2.24) is 10.2 Å². The Kier molecular flexibility index (Phi) is 6.80. The van der Waals surface area contributed by atoms with Gasteiger partial charge in [-0.25, -0.2) is 0 Å². The number of nitrogens with two attached hydrogens (primary N) is 1. The number of esters is 1. The maximum absolute atomic E-state index is 11.8. The number of ether oxygens (including phenoxy) is 1. The van der Waals surface area contributed by atoms with Gasteiger partial charge in [-0.1, -0.05) is 0 Å². The molecule has 3 N–H and O–H groups in total. The molecule has 7 nitrogen and oxygen atoms in total. The molecule has 0 radical (unpaired) electrons. The van der Waals surface area contributed by atoms with Gasteiger partial charge in [-0.3, -0.25) is 14.4 Å². The van der Waals surface area contributed by atoms with Crippen molar-refractivity contribution in [3.05, 3.63) is 0 Å². The smallest absolute Gasteiger partial charge is 0.323 e. The number of nitrogens with one attached hydrogen (secondary N) is 1. The van der Waals surface area contributed by atoms with E-state index in [2.05, 4.69) is 10.1 Å². The van der Waals surface area contributed by atoms with Crippen molar-refractivity contribution < 1.29 is 19.1 Å². The number of methoxy groups -OCH3 is 1. The summed E-state index contributed by atoms with van der Waals surface area (Å²) in [6.07, 6.45) is 2.04. The predicted octanol–water partition coefficient (Wildman–Crippen LogP) is -1.04. The fourth-order valence-electron chi connectivity index (χ4n) is 1.41. The highest BCUT2D eigenvalue weighted by Gasteiger charge is 2.24. The van der Waals surface area contributed by atoms with E-state index in [1.165, 1.54) is 23.8 Å². The van der Waals surface area contributed by atoms with Crippen molar-refractivity contribution >= 4 is 29.5 Å². The van der Waals surface area contributed by atoms with E-state index < -0.39 is 12.0 Å². The van der Waals surface area contributed by atoms with E-state index in [0.29, 0.717) is 11.8 Å². The number of likely N-dealkylation sites (N-methyl/N-ethyl adjacent to an activating group) is 1. The third kappa shape index (κ3) is 6.25. The first kappa shape index (κ1) is 16.8. The summed E-state index contributed by atoms with van der Waals surface area (Å²) in [6.45, 7) is 0.0545. The van der Waals surface area contributed by atoms with Crippen LogP contribution in [0.3, 0.4) is 0 Å². The zero-order chi connectivity index (χ0) is 15.1. The average Bonchev–Trinajstić information content (AvgIpc) is 3.20. The molecule has 0 bridgehead atoms. The third-order valence-electron chi connectivity index (χ3n) is 2.78. The van der Waals surface area contributed by atoms with E-state index >= 15 is 0 Å². The minimum absolute atomic E-state index is 0.0545. The molecule has 1 fully saturated rings. The van der Waals surface area contributed by atoms with Gasteiger partial charge in [-0.2, -0.15) is 0 Å². The van der Waals surface area contributed by atoms with Crippen molar-refractivity contribution in [3.8, 4) is 0 Å². The van der Waals surface area contributed by atoms with Crippen LogP contribution >= 0.6 is 11.8 Å². The van der Waals surface area contributed by atoms with Crippen LogP contribution in [0.2, 0.25) is 0 Å². The molecular formula is C12H21N3O4S. The van der Waals surface area contributed by atoms with Crippen LogP contribution in [0.1, 0.15) is 12.8 Å². The first-order valence-electron chi connectivity index (χ1n) is 6.38. The monoisotopic (exact) mass is 303 g/mol. The largest absolute Gasteiger partial charge is 0.468 e. The van der Waals surface area contributed by atoms with E-state index in [-0.39, 0.29) is 24.1 Å². The van der Waals surface area contributed by atoms with Crippen LogP contribution in [0.5, 0.6) is 0 Å². The van der Waals surface area contributed by atoms with Crippen LogP contribution in [-0.2, 0) is 19.1 Å². The number of nitrogens with zero attached hydrogens (tertiary/aromatic N) is 1. The van der Waals surface area contributed by atoms with E-state index in [0.717, 1.165) is 12.8 Å². The molecule has 1 saturated carbocycles. The first-order valence-corrected chi connectivity index (χ1v) is 7.54. The molecule has 0 aliphatic heterocycles. The van der Waals surface area contributed by atoms with Crippen molar-refractivity contribution in [1.29, 1.82) is 0 Å². The Morgan fingerprint density at radius 3 is 2.65 bits per heavy atom. The summed E-state index contributed by atoms with van der Waals surface area (Å²) in [4.78, 5) is 35.7. The van der Waals surface area contributed by atoms with Gasteiger partial charge in [0.05, 0.1) is 19.4 Å². The Morgan fingerprint density at radius 2 is 2.10 bits per heavy atom. The number of carbonyl (C=O) groups is 3. The van der Waals surface area contributed by atoms with Gasteiger partial charge >= 0.3 is 5.97 Å². The Hall–Kier alpha value is -1.28. The summed E-state index contributed by atoms with van der Waals surface area (Å²) in [5, 5.41) is 2.82. The van der Waals surface area contributed by atoms with Crippen LogP contribution in [0.15, 0.2) is 0 Å². The summed E-state index contributed by atoms with van der Waals surface area (Å²) in [6, 6.07) is -0.445. The average molecular weight is 303 g/mol. The summed E-state index contributed by atoms with van der Waals surface area (Å²) in [5.41, 5.74) is 5.55. The molecule has 8 heteroatoms. The summed E-state index contributed by atoms with van der Waals surface area (Å²) in [7, 11) is 2.85. The summed E-state index contributed by atoms with van der Waals surface area (Å²) < 4.78 is 4.49. The lowest BCUT2D eigenvalue weighted by molar-refractivity contribution is -0.141. The second-order valence-corrected chi connectivity index (χ2v) is 5.77. The normalized spacial score (nSPS) is 15.3. The number of thioether (sulfide) groups is 1. The molecular weight excluding hydrogens is 282 g/mol. The molecule has 0 aromatic carbocycles. The molecule has 1 rings (SSSR count). The highest BCUT2D eigenvalue weighted by molar-refractivity contribution is 8.00. The van der Waals surface area contributed by atoms with E-state index in [9.17, 15) is 14.4 Å². The van der Waals surface area contributed by atoms with E-state index in [4.69, 9.17) is 5.73 Å². The molecule has 1 atom stereocenters. The Labute approximate surface area is 122 Å². The van der Waals surface area contributed by atoms with Gasteiger partial charge in [0.25, 0.3) is 0 Å². The molecule has 0 saturated heterocycles. The molecule has 0 aromatic rings. The molecule has 20 heavy (non-hydrogen) atoms. The zero-order valence-electron chi connectivity index (χ0n) is 11.8. The van der Waals surface area contributed by atoms with E-state index in [1.54, 1.807) is 7.05 Å². The molecule has 2 amide bonds. The lowest BCUT2D eigenvalue weighted by Crippen LogP contribution is -2.40. The number of amides is 2. The molecule has 0 heterocycles. The van der Waals surface area contributed by atoms with Crippen LogP contribution in [0.25, 0.3) is 0 Å². The van der Waals surface area contributed by atoms with Gasteiger partial charge in [0, 0.05) is 18.8 Å². The first-order chi connectivity index (χ1) is 9.43. The van der Waals surface area contributed by atoms with Crippen molar-refractivity contribution in [2.45, 2.75) is 24.9 Å². The highest BCUT2D eigenvalue weighted by Crippen LogP contribution is 2.18. The van der Waals surface area contributed by atoms with Crippen LogP contribution in [0.4, 0.5) is 0 Å². The number of hydrogen-bond donors (Lipinski definition) is 2. The van der Waals surface area contributed by atoms with Gasteiger partial charge < -0.3 is 20.7 Å². The molecule has 0 aromatic heterocycles. The Morgan fingerprint density at radius 1 is 1.45 bits per heavy atom. The number of carbonyl (C=O) groups excluding carboxylic acids is 3. The van der Waals surface area contributed by atoms with Gasteiger partial charge in [0.15, 0.2) is 0 Å². The fourth-order valence-corrected chi connectivity index (χ4v) is 2.31. The van der Waals surface area contributed by atoms with Gasteiger partial charge in [-0.15, -0.1) is 11.8 Å². The molecule has 1 aliphatic rings. The quantitative estimate of drug-likeness (QED) is 0.555. The predicted molar refractivity (Wildman–Crippen MR) is 76.1 cm³/mol. The summed E-state index contributed by atoms with van der Waals surface area (Å²) in [5.74, 6) is -0.321. The Bertz CT molecular complexity index is 374. The molecule has 1 unspecified atom stereocenters. The maximum Gasteiger partial charge on any atom is 0.323 e. The maximum atomic E-state index is 11.8. The van der Waals surface area contributed by atoms with Gasteiger partial charge in [0.2, 0.25) is 11.8 Å². The van der Waals surface area contributed by atoms with Crippen molar-refractivity contribution in [2.75, 3.05) is 32.2 Å². The minimum Gasteiger partial charge on any atom is -0.468 e. The van der Waals surface area contributed by atoms with Gasteiger partial charge in [0.1, 0.15) is 6.04 Å². The van der Waals surface area contributed by atoms with Crippen LogP contribution in [-0.4, -0.2) is 67.0 Å². The second kappa shape index (κ2) is 8.11. The van der Waals surface area contributed by atoms with E-state index in [1.807, 2.05) is 0 Å². The highest BCUT2D eigenvalue weighted by atomic mass is 32.2. The molecule has 114 valence electrons. The topological polar surface area (TPSA) is 102 Å². The SMILES string of the molecule is COC(=O)C(N)CSCC(=O)N(C)CC(=O)NC1CC1. The Balaban J connectivity index is 2.17. The van der Waals surface area contributed by atoms with Gasteiger partial charge in [-0.05, 0) is 12.8 Å². The standard InChI is InChI=1S/C12H21N3O4S/c1-15(5-10(16)14-8-3-4-8)11(17)7-20-6-9(13)12(18)19-2/h8-9H,3-7,13H2,1-2H3,(H,14,16). The van der Waals surface area contributed by atoms with Crippen molar-refractivity contribution in [3.63, 3.8) is 0 Å². The molecule has 1 aliphatic carbocycles. The zero-order valence-corrected chi connectivity index (χ0v) is 12.6. The number of hydrogen-bond acceptors (Lipinski definition) is 6. The lowest BCUT2D eigenvalue weighted by Gasteiger charge is -2.17. The fraction of sp³-hybridized carbons (Fsp3) is 0.750. The third-order valence-corrected chi connectivity index (χ3v) is 3.82. The van der Waals surface area contributed by atoms with Crippen LogP contribution < -0.4 is 11.1 Å². The van der Waals surface area contributed by atoms with Crippen LogP contribution in [0, 0.1) is 0 Å². The van der Waals surface area contributed by atoms with Crippen molar-refractivity contribution in [2.24, 2.45) is 5.73 Å². The summed E-state index contributed by atoms with van der Waals surface area (Å²) >= 11 is 1.25. The number of rotatable bonds is 8. The molecule has 0 spiro atoms. The minimum atomic E-state index is -0.735. The lowest BCUT2D eigenvalue weighted by atomic mass is 10.4.